The van der Waals surface area contributed by atoms with Crippen LogP contribution in [-0.4, -0.2) is 16.1 Å². The lowest BCUT2D eigenvalue weighted by Gasteiger charge is -1.94. The fourth-order valence-corrected chi connectivity index (χ4v) is 2.35. The van der Waals surface area contributed by atoms with Crippen molar-refractivity contribution in [3.05, 3.63) is 51.6 Å². The Morgan fingerprint density at radius 1 is 1.21 bits per heavy atom. The second-order valence-electron chi connectivity index (χ2n) is 4.02. The van der Waals surface area contributed by atoms with Gasteiger partial charge in [0, 0.05) is 9.13 Å². The number of aromatic nitrogens is 1. The molecule has 1 heterocycles. The van der Waals surface area contributed by atoms with Gasteiger partial charge in [-0.25, -0.2) is 9.78 Å². The minimum Gasteiger partial charge on any atom is -0.478 e. The molecule has 2 aromatic carbocycles. The molecule has 0 fully saturated rings. The molecule has 19 heavy (non-hydrogen) atoms. The number of carboxylic acids is 1. The van der Waals surface area contributed by atoms with Crippen molar-refractivity contribution in [1.82, 2.24) is 4.98 Å². The molecule has 0 radical (unpaired) electrons. The van der Waals surface area contributed by atoms with E-state index >= 15 is 0 Å². The monoisotopic (exact) mass is 365 g/mol. The third-order valence-electron chi connectivity index (χ3n) is 2.71. The fraction of sp³-hybridized carbons (Fsp3) is 0. The Kier molecular flexibility index (Phi) is 2.98. The minimum atomic E-state index is -0.972. The molecule has 0 aliphatic carbocycles. The van der Waals surface area contributed by atoms with Crippen LogP contribution in [-0.2, 0) is 0 Å². The summed E-state index contributed by atoms with van der Waals surface area (Å²) in [6, 6.07) is 12.4. The summed E-state index contributed by atoms with van der Waals surface area (Å²) in [5.41, 5.74) is 2.21. The summed E-state index contributed by atoms with van der Waals surface area (Å²) in [6.45, 7) is 0. The van der Waals surface area contributed by atoms with Gasteiger partial charge in [0.2, 0.25) is 5.89 Å². The first-order valence-electron chi connectivity index (χ1n) is 5.53. The average molecular weight is 365 g/mol. The highest BCUT2D eigenvalue weighted by molar-refractivity contribution is 14.1. The van der Waals surface area contributed by atoms with Crippen LogP contribution in [0.2, 0.25) is 0 Å². The normalized spacial score (nSPS) is 10.8. The van der Waals surface area contributed by atoms with Crippen LogP contribution in [0.5, 0.6) is 0 Å². The van der Waals surface area contributed by atoms with Gasteiger partial charge in [0.15, 0.2) is 5.58 Å². The number of halogens is 1. The smallest absolute Gasteiger partial charge is 0.335 e. The van der Waals surface area contributed by atoms with Crippen LogP contribution in [0.15, 0.2) is 46.9 Å². The van der Waals surface area contributed by atoms with Crippen molar-refractivity contribution in [2.45, 2.75) is 0 Å². The van der Waals surface area contributed by atoms with Crippen LogP contribution in [0.25, 0.3) is 22.6 Å². The van der Waals surface area contributed by atoms with E-state index in [4.69, 9.17) is 9.52 Å². The van der Waals surface area contributed by atoms with Crippen molar-refractivity contribution >= 4 is 39.7 Å². The SMILES string of the molecule is O=C(O)c1ccc2oc(-c3cccc(I)c3)nc2c1. The van der Waals surface area contributed by atoms with E-state index in [1.807, 2.05) is 24.3 Å². The molecule has 0 aliphatic rings. The number of benzene rings is 2. The molecule has 0 aliphatic heterocycles. The van der Waals surface area contributed by atoms with Gasteiger partial charge in [-0.15, -0.1) is 0 Å². The maximum atomic E-state index is 10.9. The molecule has 3 aromatic rings. The van der Waals surface area contributed by atoms with E-state index in [0.717, 1.165) is 9.13 Å². The van der Waals surface area contributed by atoms with Crippen LogP contribution in [0.1, 0.15) is 10.4 Å². The van der Waals surface area contributed by atoms with Crippen LogP contribution < -0.4 is 0 Å². The first-order chi connectivity index (χ1) is 9.13. The summed E-state index contributed by atoms with van der Waals surface area (Å²) in [7, 11) is 0. The predicted octanol–water partition coefficient (Wildman–Crippen LogP) is 3.80. The van der Waals surface area contributed by atoms with E-state index in [2.05, 4.69) is 27.6 Å². The molecule has 0 amide bonds. The molecule has 0 spiro atoms. The second kappa shape index (κ2) is 4.65. The van der Waals surface area contributed by atoms with Gasteiger partial charge in [0.05, 0.1) is 5.56 Å². The molecule has 94 valence electrons. The Bertz CT molecular complexity index is 779. The molecule has 0 unspecified atom stereocenters. The molecule has 0 saturated carbocycles. The van der Waals surface area contributed by atoms with Crippen LogP contribution in [0.4, 0.5) is 0 Å². The van der Waals surface area contributed by atoms with Gasteiger partial charge < -0.3 is 9.52 Å². The number of hydrogen-bond donors (Lipinski definition) is 1. The maximum absolute atomic E-state index is 10.9. The van der Waals surface area contributed by atoms with Crippen molar-refractivity contribution in [2.24, 2.45) is 0 Å². The quantitative estimate of drug-likeness (QED) is 0.702. The lowest BCUT2D eigenvalue weighted by atomic mass is 10.2. The van der Waals surface area contributed by atoms with E-state index in [1.165, 1.54) is 12.1 Å². The largest absolute Gasteiger partial charge is 0.478 e. The number of rotatable bonds is 2. The highest BCUT2D eigenvalue weighted by atomic mass is 127. The Labute approximate surface area is 122 Å². The molecule has 4 nitrogen and oxygen atoms in total. The van der Waals surface area contributed by atoms with E-state index in [0.29, 0.717) is 17.0 Å². The lowest BCUT2D eigenvalue weighted by molar-refractivity contribution is 0.0697. The van der Waals surface area contributed by atoms with Crippen molar-refractivity contribution < 1.29 is 14.3 Å². The summed E-state index contributed by atoms with van der Waals surface area (Å²) in [5, 5.41) is 8.95. The maximum Gasteiger partial charge on any atom is 0.335 e. The van der Waals surface area contributed by atoms with E-state index < -0.39 is 5.97 Å². The Morgan fingerprint density at radius 3 is 2.79 bits per heavy atom. The molecule has 0 atom stereocenters. The number of oxazole rings is 1. The summed E-state index contributed by atoms with van der Waals surface area (Å²) < 4.78 is 6.72. The van der Waals surface area contributed by atoms with E-state index in [-0.39, 0.29) is 5.56 Å². The lowest BCUT2D eigenvalue weighted by Crippen LogP contribution is -1.94. The summed E-state index contributed by atoms with van der Waals surface area (Å²) in [4.78, 5) is 15.2. The highest BCUT2D eigenvalue weighted by Gasteiger charge is 2.11. The summed E-state index contributed by atoms with van der Waals surface area (Å²) in [5.74, 6) is -0.475. The molecular weight excluding hydrogens is 357 g/mol. The van der Waals surface area contributed by atoms with Crippen LogP contribution >= 0.6 is 22.6 Å². The zero-order valence-electron chi connectivity index (χ0n) is 9.63. The first kappa shape index (κ1) is 12.2. The third kappa shape index (κ3) is 2.33. The zero-order valence-corrected chi connectivity index (χ0v) is 11.8. The number of carbonyl (C=O) groups is 1. The molecule has 3 rings (SSSR count). The molecule has 1 N–H and O–H groups in total. The standard InChI is InChI=1S/C14H8INO3/c15-10-3-1-2-8(6-10)13-16-11-7-9(14(17)18)4-5-12(11)19-13/h1-7H,(H,17,18). The first-order valence-corrected chi connectivity index (χ1v) is 6.61. The van der Waals surface area contributed by atoms with Gasteiger partial charge in [-0.05, 0) is 59.0 Å². The number of aromatic carboxylic acids is 1. The van der Waals surface area contributed by atoms with Gasteiger partial charge in [-0.2, -0.15) is 0 Å². The number of fused-ring (bicyclic) bond motifs is 1. The van der Waals surface area contributed by atoms with Gasteiger partial charge >= 0.3 is 5.97 Å². The molecular formula is C14H8INO3. The number of nitrogens with zero attached hydrogens (tertiary/aromatic N) is 1. The molecule has 0 saturated heterocycles. The predicted molar refractivity (Wildman–Crippen MR) is 79.1 cm³/mol. The molecule has 5 heteroatoms. The van der Waals surface area contributed by atoms with Crippen LogP contribution in [0, 0.1) is 3.57 Å². The molecule has 1 aromatic heterocycles. The number of carboxylic acid groups (broad SMARTS) is 1. The second-order valence-corrected chi connectivity index (χ2v) is 5.26. The Hall–Kier alpha value is -1.89. The fourth-order valence-electron chi connectivity index (χ4n) is 1.81. The van der Waals surface area contributed by atoms with Crippen LogP contribution in [0.3, 0.4) is 0 Å². The number of hydrogen-bond acceptors (Lipinski definition) is 3. The highest BCUT2D eigenvalue weighted by Crippen LogP contribution is 2.25. The van der Waals surface area contributed by atoms with E-state index in [1.54, 1.807) is 6.07 Å². The van der Waals surface area contributed by atoms with Crippen molar-refractivity contribution in [3.8, 4) is 11.5 Å². The summed E-state index contributed by atoms with van der Waals surface area (Å²) in [6.07, 6.45) is 0. The van der Waals surface area contributed by atoms with Gasteiger partial charge in [-0.1, -0.05) is 6.07 Å². The van der Waals surface area contributed by atoms with Gasteiger partial charge in [-0.3, -0.25) is 0 Å². The molecule has 0 bridgehead atoms. The van der Waals surface area contributed by atoms with Crippen molar-refractivity contribution in [1.29, 1.82) is 0 Å². The van der Waals surface area contributed by atoms with Crippen molar-refractivity contribution in [3.63, 3.8) is 0 Å². The summed E-state index contributed by atoms with van der Waals surface area (Å²) >= 11 is 2.22. The minimum absolute atomic E-state index is 0.204. The van der Waals surface area contributed by atoms with Crippen molar-refractivity contribution in [2.75, 3.05) is 0 Å². The van der Waals surface area contributed by atoms with Gasteiger partial charge in [0.1, 0.15) is 5.52 Å². The van der Waals surface area contributed by atoms with E-state index in [9.17, 15) is 4.79 Å². The average Bonchev–Trinajstić information content (AvgIpc) is 2.81. The Morgan fingerprint density at radius 2 is 2.05 bits per heavy atom. The van der Waals surface area contributed by atoms with Gasteiger partial charge in [0.25, 0.3) is 0 Å². The third-order valence-corrected chi connectivity index (χ3v) is 3.38. The zero-order chi connectivity index (χ0) is 13.4. The Balaban J connectivity index is 2.14. The topological polar surface area (TPSA) is 63.3 Å².